The lowest BCUT2D eigenvalue weighted by molar-refractivity contribution is -0.147. The van der Waals surface area contributed by atoms with Crippen LogP contribution in [0.3, 0.4) is 0 Å². The van der Waals surface area contributed by atoms with Crippen molar-refractivity contribution in [1.82, 2.24) is 4.90 Å². The summed E-state index contributed by atoms with van der Waals surface area (Å²) in [6, 6.07) is 9.53. The van der Waals surface area contributed by atoms with Crippen molar-refractivity contribution in [1.29, 1.82) is 0 Å². The summed E-state index contributed by atoms with van der Waals surface area (Å²) in [5, 5.41) is 10.8. The third kappa shape index (κ3) is 4.28. The SMILES string of the molecule is C[C@]1(O)CN(C(=O)CC2CCOCC2)CC[C@@H]1Oc1ccccc1. The molecule has 1 N–H and O–H groups in total. The van der Waals surface area contributed by atoms with Crippen molar-refractivity contribution < 1.29 is 19.4 Å². The summed E-state index contributed by atoms with van der Waals surface area (Å²) in [5.74, 6) is 1.31. The second-order valence-corrected chi connectivity index (χ2v) is 7.14. The Morgan fingerprint density at radius 1 is 1.29 bits per heavy atom. The van der Waals surface area contributed by atoms with Crippen LogP contribution in [0.1, 0.15) is 32.6 Å². The summed E-state index contributed by atoms with van der Waals surface area (Å²) < 4.78 is 11.3. The highest BCUT2D eigenvalue weighted by Crippen LogP contribution is 2.28. The molecule has 2 atom stereocenters. The Morgan fingerprint density at radius 3 is 2.67 bits per heavy atom. The van der Waals surface area contributed by atoms with E-state index in [-0.39, 0.29) is 12.0 Å². The van der Waals surface area contributed by atoms with E-state index in [1.807, 2.05) is 30.3 Å². The van der Waals surface area contributed by atoms with Crippen molar-refractivity contribution in [2.75, 3.05) is 26.3 Å². The van der Waals surface area contributed by atoms with E-state index < -0.39 is 5.60 Å². The zero-order valence-electron chi connectivity index (χ0n) is 14.3. The molecule has 0 aromatic heterocycles. The fraction of sp³-hybridized carbons (Fsp3) is 0.632. The minimum Gasteiger partial charge on any atom is -0.487 e. The van der Waals surface area contributed by atoms with E-state index in [0.29, 0.717) is 31.8 Å². The van der Waals surface area contributed by atoms with Crippen LogP contribution < -0.4 is 4.74 Å². The molecular weight excluding hydrogens is 306 g/mol. The number of nitrogens with zero attached hydrogens (tertiary/aromatic N) is 1. The number of ether oxygens (including phenoxy) is 2. The average molecular weight is 333 g/mol. The Labute approximate surface area is 143 Å². The van der Waals surface area contributed by atoms with E-state index in [4.69, 9.17) is 9.47 Å². The first-order chi connectivity index (χ1) is 11.5. The van der Waals surface area contributed by atoms with Gasteiger partial charge in [-0.2, -0.15) is 0 Å². The number of aliphatic hydroxyl groups is 1. The number of piperidine rings is 1. The molecular formula is C19H27NO4. The topological polar surface area (TPSA) is 59.0 Å². The van der Waals surface area contributed by atoms with Crippen LogP contribution in [0.2, 0.25) is 0 Å². The zero-order chi connectivity index (χ0) is 17.0. The molecule has 2 saturated heterocycles. The van der Waals surface area contributed by atoms with E-state index in [2.05, 4.69) is 0 Å². The minimum atomic E-state index is -1.04. The number of hydrogen-bond donors (Lipinski definition) is 1. The maximum atomic E-state index is 12.6. The fourth-order valence-electron chi connectivity index (χ4n) is 3.54. The van der Waals surface area contributed by atoms with Crippen molar-refractivity contribution in [3.05, 3.63) is 30.3 Å². The number of likely N-dealkylation sites (tertiary alicyclic amines) is 1. The highest BCUT2D eigenvalue weighted by molar-refractivity contribution is 5.76. The summed E-state index contributed by atoms with van der Waals surface area (Å²) in [5.41, 5.74) is -1.04. The predicted molar refractivity (Wildman–Crippen MR) is 90.8 cm³/mol. The number of rotatable bonds is 4. The average Bonchev–Trinajstić information content (AvgIpc) is 2.58. The van der Waals surface area contributed by atoms with Crippen LogP contribution in [0.5, 0.6) is 5.75 Å². The van der Waals surface area contributed by atoms with Gasteiger partial charge in [-0.05, 0) is 37.8 Å². The maximum absolute atomic E-state index is 12.6. The molecule has 132 valence electrons. The molecule has 0 unspecified atom stereocenters. The number of amides is 1. The second-order valence-electron chi connectivity index (χ2n) is 7.14. The Bertz CT molecular complexity index is 540. The summed E-state index contributed by atoms with van der Waals surface area (Å²) in [6.45, 7) is 4.22. The highest BCUT2D eigenvalue weighted by Gasteiger charge is 2.41. The maximum Gasteiger partial charge on any atom is 0.222 e. The molecule has 0 aliphatic carbocycles. The first-order valence-corrected chi connectivity index (χ1v) is 8.84. The molecule has 0 saturated carbocycles. The quantitative estimate of drug-likeness (QED) is 0.918. The van der Waals surface area contributed by atoms with Gasteiger partial charge in [0.1, 0.15) is 17.5 Å². The van der Waals surface area contributed by atoms with Crippen molar-refractivity contribution in [2.24, 2.45) is 5.92 Å². The molecule has 0 radical (unpaired) electrons. The lowest BCUT2D eigenvalue weighted by Gasteiger charge is -2.43. The zero-order valence-corrected chi connectivity index (χ0v) is 14.3. The Balaban J connectivity index is 1.55. The van der Waals surface area contributed by atoms with Crippen molar-refractivity contribution in [3.8, 4) is 5.75 Å². The van der Waals surface area contributed by atoms with Crippen molar-refractivity contribution in [2.45, 2.75) is 44.3 Å². The first kappa shape index (κ1) is 17.2. The lowest BCUT2D eigenvalue weighted by atomic mass is 9.90. The van der Waals surface area contributed by atoms with Gasteiger partial charge < -0.3 is 19.5 Å². The van der Waals surface area contributed by atoms with Gasteiger partial charge in [0, 0.05) is 32.6 Å². The Morgan fingerprint density at radius 2 is 2.00 bits per heavy atom. The van der Waals surface area contributed by atoms with Crippen LogP contribution in [0.4, 0.5) is 0 Å². The summed E-state index contributed by atoms with van der Waals surface area (Å²) in [7, 11) is 0. The van der Waals surface area contributed by atoms with E-state index in [1.165, 1.54) is 0 Å². The van der Waals surface area contributed by atoms with Crippen LogP contribution >= 0.6 is 0 Å². The molecule has 1 aromatic carbocycles. The van der Waals surface area contributed by atoms with Gasteiger partial charge in [0.25, 0.3) is 0 Å². The fourth-order valence-corrected chi connectivity index (χ4v) is 3.54. The monoisotopic (exact) mass is 333 g/mol. The van der Waals surface area contributed by atoms with Gasteiger partial charge in [0.15, 0.2) is 0 Å². The largest absolute Gasteiger partial charge is 0.487 e. The van der Waals surface area contributed by atoms with E-state index >= 15 is 0 Å². The molecule has 5 nitrogen and oxygen atoms in total. The van der Waals surface area contributed by atoms with Gasteiger partial charge in [-0.3, -0.25) is 4.79 Å². The van der Waals surface area contributed by atoms with E-state index in [1.54, 1.807) is 11.8 Å². The molecule has 2 heterocycles. The summed E-state index contributed by atoms with van der Waals surface area (Å²) in [4.78, 5) is 14.3. The van der Waals surface area contributed by atoms with Gasteiger partial charge in [-0.1, -0.05) is 18.2 Å². The lowest BCUT2D eigenvalue weighted by Crippen LogP contribution is -2.58. The minimum absolute atomic E-state index is 0.139. The molecule has 2 fully saturated rings. The van der Waals surface area contributed by atoms with Crippen LogP contribution in [-0.4, -0.2) is 53.9 Å². The molecule has 3 rings (SSSR count). The molecule has 2 aliphatic heterocycles. The predicted octanol–water partition coefficient (Wildman–Crippen LogP) is 2.23. The van der Waals surface area contributed by atoms with Crippen LogP contribution in [-0.2, 0) is 9.53 Å². The normalized spacial score (nSPS) is 28.6. The standard InChI is InChI=1S/C19H27NO4/c1-19(22)14-20(18(21)13-15-8-11-23-12-9-15)10-7-17(19)24-16-5-3-2-4-6-16/h2-6,15,17,22H,7-14H2,1H3/t17-,19-/m0/s1. The van der Waals surface area contributed by atoms with Crippen molar-refractivity contribution >= 4 is 5.91 Å². The Kier molecular flexibility index (Phi) is 5.41. The third-order valence-electron chi connectivity index (χ3n) is 5.04. The molecule has 0 bridgehead atoms. The van der Waals surface area contributed by atoms with Gasteiger partial charge in [-0.15, -0.1) is 0 Å². The Hall–Kier alpha value is -1.59. The van der Waals surface area contributed by atoms with Gasteiger partial charge in [0.2, 0.25) is 5.91 Å². The first-order valence-electron chi connectivity index (χ1n) is 8.84. The number of benzene rings is 1. The van der Waals surface area contributed by atoms with E-state index in [0.717, 1.165) is 31.8 Å². The molecule has 1 amide bonds. The molecule has 5 heteroatoms. The number of para-hydroxylation sites is 1. The van der Waals surface area contributed by atoms with Crippen molar-refractivity contribution in [3.63, 3.8) is 0 Å². The second kappa shape index (κ2) is 7.53. The smallest absolute Gasteiger partial charge is 0.222 e. The molecule has 0 spiro atoms. The number of carbonyl (C=O) groups excluding carboxylic acids is 1. The summed E-state index contributed by atoms with van der Waals surface area (Å²) in [6.07, 6.45) is 2.81. The molecule has 24 heavy (non-hydrogen) atoms. The van der Waals surface area contributed by atoms with Gasteiger partial charge >= 0.3 is 0 Å². The number of hydrogen-bond acceptors (Lipinski definition) is 4. The van der Waals surface area contributed by atoms with Crippen LogP contribution in [0.15, 0.2) is 30.3 Å². The highest BCUT2D eigenvalue weighted by atomic mass is 16.5. The van der Waals surface area contributed by atoms with Gasteiger partial charge in [-0.25, -0.2) is 0 Å². The van der Waals surface area contributed by atoms with Crippen LogP contribution in [0, 0.1) is 5.92 Å². The molecule has 2 aliphatic rings. The molecule has 1 aromatic rings. The van der Waals surface area contributed by atoms with Crippen LogP contribution in [0.25, 0.3) is 0 Å². The number of β-amino-alcohol motifs (C(OH)–C–C–N with tert-alkyl or cyclic N) is 1. The number of carbonyl (C=O) groups is 1. The van der Waals surface area contributed by atoms with E-state index in [9.17, 15) is 9.90 Å². The third-order valence-corrected chi connectivity index (χ3v) is 5.04. The summed E-state index contributed by atoms with van der Waals surface area (Å²) >= 11 is 0. The van der Waals surface area contributed by atoms with Gasteiger partial charge in [0.05, 0.1) is 6.54 Å².